The maximum absolute atomic E-state index is 12.5. The van der Waals surface area contributed by atoms with Crippen molar-refractivity contribution in [3.8, 4) is 0 Å². The first-order valence-corrected chi connectivity index (χ1v) is 7.21. The molecule has 2 aromatic rings. The van der Waals surface area contributed by atoms with Crippen LogP contribution in [0.15, 0.2) is 48.5 Å². The number of alkyl halides is 3. The van der Waals surface area contributed by atoms with Crippen molar-refractivity contribution in [2.75, 3.05) is 0 Å². The lowest BCUT2D eigenvalue weighted by molar-refractivity contribution is -0.137. The van der Waals surface area contributed by atoms with Gasteiger partial charge >= 0.3 is 18.2 Å². The Hall–Kier alpha value is -3.03. The summed E-state index contributed by atoms with van der Waals surface area (Å²) in [5.41, 5.74) is 5.68. The van der Waals surface area contributed by atoms with Gasteiger partial charge in [0.25, 0.3) is 0 Å². The van der Waals surface area contributed by atoms with Gasteiger partial charge in [0, 0.05) is 6.54 Å². The molecule has 0 aliphatic rings. The van der Waals surface area contributed by atoms with E-state index in [0.29, 0.717) is 5.56 Å². The van der Waals surface area contributed by atoms with Crippen LogP contribution >= 0.6 is 0 Å². The molecule has 0 spiro atoms. The molecule has 5 nitrogen and oxygen atoms in total. The number of benzene rings is 2. The van der Waals surface area contributed by atoms with Crippen LogP contribution in [0.3, 0.4) is 0 Å². The molecule has 0 aromatic heterocycles. The van der Waals surface area contributed by atoms with Crippen LogP contribution in [-0.2, 0) is 24.1 Å². The van der Waals surface area contributed by atoms with Crippen molar-refractivity contribution in [2.24, 2.45) is 5.73 Å². The molecule has 0 saturated carbocycles. The Morgan fingerprint density at radius 3 is 2.04 bits per heavy atom. The molecule has 0 aliphatic carbocycles. The van der Waals surface area contributed by atoms with Crippen LogP contribution < -0.4 is 11.1 Å². The first kappa shape index (κ1) is 18.3. The first-order chi connectivity index (χ1) is 11.8. The highest BCUT2D eigenvalue weighted by molar-refractivity contribution is 5.89. The monoisotopic (exact) mass is 352 g/mol. The van der Waals surface area contributed by atoms with Gasteiger partial charge in [0.05, 0.1) is 11.1 Å². The minimum atomic E-state index is -4.40. The first-order valence-electron chi connectivity index (χ1n) is 7.21. The van der Waals surface area contributed by atoms with E-state index >= 15 is 0 Å². The van der Waals surface area contributed by atoms with Crippen LogP contribution in [0.1, 0.15) is 27.0 Å². The Morgan fingerprint density at radius 2 is 1.52 bits per heavy atom. The third-order valence-electron chi connectivity index (χ3n) is 3.31. The minimum absolute atomic E-state index is 0.137. The second-order valence-corrected chi connectivity index (χ2v) is 5.19. The summed E-state index contributed by atoms with van der Waals surface area (Å²) < 4.78 is 42.5. The zero-order chi connectivity index (χ0) is 18.4. The number of hydrogen-bond acceptors (Lipinski definition) is 3. The molecule has 2 rings (SSSR count). The van der Waals surface area contributed by atoms with E-state index in [1.165, 1.54) is 24.3 Å². The second kappa shape index (κ2) is 7.69. The fourth-order valence-electron chi connectivity index (χ4n) is 1.97. The molecule has 0 radical (unpaired) electrons. The molecular weight excluding hydrogens is 337 g/mol. The van der Waals surface area contributed by atoms with Crippen LogP contribution in [0.25, 0.3) is 0 Å². The zero-order valence-corrected chi connectivity index (χ0v) is 13.0. The average Bonchev–Trinajstić information content (AvgIpc) is 2.58. The van der Waals surface area contributed by atoms with Crippen LogP contribution in [0.2, 0.25) is 0 Å². The summed E-state index contributed by atoms with van der Waals surface area (Å²) in [4.78, 5) is 22.5. The standard InChI is InChI=1S/C17H15F3N2O3/c18-17(19,20)14-7-3-12(4-8-14)10-25-15(23)13-5-1-11(2-6-13)9-22-16(21)24/h1-8H,9-10H2,(H3,21,22,24). The predicted octanol–water partition coefficient (Wildman–Crippen LogP) is 3.23. The maximum Gasteiger partial charge on any atom is 0.416 e. The lowest BCUT2D eigenvalue weighted by Gasteiger charge is -2.09. The summed E-state index contributed by atoms with van der Waals surface area (Å²) in [6.07, 6.45) is -4.40. The summed E-state index contributed by atoms with van der Waals surface area (Å²) >= 11 is 0. The molecule has 0 bridgehead atoms. The van der Waals surface area contributed by atoms with Gasteiger partial charge in [0.2, 0.25) is 0 Å². The van der Waals surface area contributed by atoms with Crippen molar-refractivity contribution in [1.82, 2.24) is 5.32 Å². The lowest BCUT2D eigenvalue weighted by Crippen LogP contribution is -2.28. The molecule has 3 N–H and O–H groups in total. The Labute approximate surface area is 141 Å². The molecule has 8 heteroatoms. The quantitative estimate of drug-likeness (QED) is 0.811. The average molecular weight is 352 g/mol. The van der Waals surface area contributed by atoms with E-state index in [9.17, 15) is 22.8 Å². The molecule has 0 fully saturated rings. The van der Waals surface area contributed by atoms with Gasteiger partial charge in [-0.2, -0.15) is 13.2 Å². The Balaban J connectivity index is 1.90. The van der Waals surface area contributed by atoms with Gasteiger partial charge in [-0.05, 0) is 35.4 Å². The van der Waals surface area contributed by atoms with Crippen molar-refractivity contribution < 1.29 is 27.5 Å². The summed E-state index contributed by atoms with van der Waals surface area (Å²) in [6, 6.07) is 10.0. The number of urea groups is 1. The highest BCUT2D eigenvalue weighted by Crippen LogP contribution is 2.29. The number of nitrogens with one attached hydrogen (secondary N) is 1. The smallest absolute Gasteiger partial charge is 0.416 e. The number of carbonyl (C=O) groups is 2. The van der Waals surface area contributed by atoms with E-state index in [1.54, 1.807) is 12.1 Å². The number of halogens is 3. The molecule has 132 valence electrons. The number of nitrogens with two attached hydrogens (primary N) is 1. The van der Waals surface area contributed by atoms with Gasteiger partial charge in [-0.15, -0.1) is 0 Å². The van der Waals surface area contributed by atoms with Gasteiger partial charge in [0.1, 0.15) is 6.61 Å². The molecule has 0 unspecified atom stereocenters. The fraction of sp³-hybridized carbons (Fsp3) is 0.176. The van der Waals surface area contributed by atoms with Crippen molar-refractivity contribution in [3.05, 3.63) is 70.8 Å². The SMILES string of the molecule is NC(=O)NCc1ccc(C(=O)OCc2ccc(C(F)(F)F)cc2)cc1. The fourth-order valence-corrected chi connectivity index (χ4v) is 1.97. The molecule has 0 saturated heterocycles. The Morgan fingerprint density at radius 1 is 0.960 bits per heavy atom. The normalized spacial score (nSPS) is 11.0. The minimum Gasteiger partial charge on any atom is -0.457 e. The Kier molecular flexibility index (Phi) is 5.63. The number of primary amides is 1. The van der Waals surface area contributed by atoms with Gasteiger partial charge in [0.15, 0.2) is 0 Å². The van der Waals surface area contributed by atoms with Crippen LogP contribution in [0.5, 0.6) is 0 Å². The third-order valence-corrected chi connectivity index (χ3v) is 3.31. The van der Waals surface area contributed by atoms with E-state index in [2.05, 4.69) is 5.32 Å². The van der Waals surface area contributed by atoms with E-state index < -0.39 is 23.7 Å². The number of rotatable bonds is 5. The van der Waals surface area contributed by atoms with E-state index in [0.717, 1.165) is 17.7 Å². The molecule has 2 aromatic carbocycles. The van der Waals surface area contributed by atoms with Gasteiger partial charge in [-0.1, -0.05) is 24.3 Å². The second-order valence-electron chi connectivity index (χ2n) is 5.19. The van der Waals surface area contributed by atoms with Crippen LogP contribution in [0, 0.1) is 0 Å². The van der Waals surface area contributed by atoms with Crippen LogP contribution in [0.4, 0.5) is 18.0 Å². The van der Waals surface area contributed by atoms with Gasteiger partial charge in [-0.25, -0.2) is 9.59 Å². The van der Waals surface area contributed by atoms with Crippen molar-refractivity contribution in [3.63, 3.8) is 0 Å². The molecule has 0 aliphatic heterocycles. The maximum atomic E-state index is 12.5. The summed E-state index contributed by atoms with van der Waals surface area (Å²) in [5, 5.41) is 2.41. The molecule has 2 amide bonds. The van der Waals surface area contributed by atoms with E-state index in [-0.39, 0.29) is 18.7 Å². The number of carbonyl (C=O) groups excluding carboxylic acids is 2. The molecule has 25 heavy (non-hydrogen) atoms. The number of hydrogen-bond donors (Lipinski definition) is 2. The van der Waals surface area contributed by atoms with Crippen LogP contribution in [-0.4, -0.2) is 12.0 Å². The molecular formula is C17H15F3N2O3. The number of esters is 1. The lowest BCUT2D eigenvalue weighted by atomic mass is 10.1. The molecule has 0 heterocycles. The summed E-state index contributed by atoms with van der Waals surface area (Å²) in [6.45, 7) is 0.0954. The van der Waals surface area contributed by atoms with E-state index in [4.69, 9.17) is 10.5 Å². The largest absolute Gasteiger partial charge is 0.457 e. The van der Waals surface area contributed by atoms with Crippen molar-refractivity contribution >= 4 is 12.0 Å². The van der Waals surface area contributed by atoms with Crippen molar-refractivity contribution in [1.29, 1.82) is 0 Å². The number of ether oxygens (including phenoxy) is 1. The topological polar surface area (TPSA) is 81.4 Å². The Bertz CT molecular complexity index is 741. The van der Waals surface area contributed by atoms with Gasteiger partial charge in [-0.3, -0.25) is 0 Å². The molecule has 0 atom stereocenters. The summed E-state index contributed by atoms with van der Waals surface area (Å²) in [5.74, 6) is -0.602. The third kappa shape index (κ3) is 5.52. The van der Waals surface area contributed by atoms with E-state index in [1.807, 2.05) is 0 Å². The predicted molar refractivity (Wildman–Crippen MR) is 83.4 cm³/mol. The van der Waals surface area contributed by atoms with Gasteiger partial charge < -0.3 is 15.8 Å². The van der Waals surface area contributed by atoms with Crippen molar-refractivity contribution in [2.45, 2.75) is 19.3 Å². The number of amides is 2. The highest BCUT2D eigenvalue weighted by Gasteiger charge is 2.29. The zero-order valence-electron chi connectivity index (χ0n) is 13.0. The highest BCUT2D eigenvalue weighted by atomic mass is 19.4. The summed E-state index contributed by atoms with van der Waals surface area (Å²) in [7, 11) is 0.